The van der Waals surface area contributed by atoms with Gasteiger partial charge in [0.2, 0.25) is 0 Å². The van der Waals surface area contributed by atoms with Crippen molar-refractivity contribution in [3.05, 3.63) is 0 Å². The molecular formula is C13H26N2. The van der Waals surface area contributed by atoms with Gasteiger partial charge in [0.1, 0.15) is 0 Å². The van der Waals surface area contributed by atoms with E-state index in [0.29, 0.717) is 5.41 Å². The van der Waals surface area contributed by atoms with E-state index in [1.165, 1.54) is 57.9 Å². The second-order valence-corrected chi connectivity index (χ2v) is 5.67. The van der Waals surface area contributed by atoms with E-state index in [4.69, 9.17) is 5.73 Å². The third kappa shape index (κ3) is 2.94. The molecule has 0 aromatic heterocycles. The van der Waals surface area contributed by atoms with Crippen molar-refractivity contribution in [2.75, 3.05) is 19.6 Å². The quantitative estimate of drug-likeness (QED) is 0.660. The van der Waals surface area contributed by atoms with E-state index < -0.39 is 0 Å². The molecule has 2 saturated carbocycles. The first-order chi connectivity index (χ1) is 7.35. The van der Waals surface area contributed by atoms with E-state index in [1.807, 2.05) is 0 Å². The van der Waals surface area contributed by atoms with Crippen LogP contribution in [-0.4, -0.2) is 19.6 Å². The summed E-state index contributed by atoms with van der Waals surface area (Å²) < 4.78 is 0. The van der Waals surface area contributed by atoms with Crippen LogP contribution in [0, 0.1) is 11.3 Å². The SMILES string of the molecule is NCC1(CNCCC2CCC2)CCCC1. The van der Waals surface area contributed by atoms with Gasteiger partial charge in [0.15, 0.2) is 0 Å². The zero-order valence-electron chi connectivity index (χ0n) is 9.93. The second kappa shape index (κ2) is 5.31. The van der Waals surface area contributed by atoms with Crippen molar-refractivity contribution in [3.63, 3.8) is 0 Å². The Morgan fingerprint density at radius 3 is 2.40 bits per heavy atom. The van der Waals surface area contributed by atoms with Gasteiger partial charge in [-0.1, -0.05) is 32.1 Å². The van der Waals surface area contributed by atoms with Gasteiger partial charge < -0.3 is 11.1 Å². The standard InChI is InChI=1S/C13H26N2/c14-10-13(7-1-2-8-13)11-15-9-6-12-4-3-5-12/h12,15H,1-11,14H2. The minimum absolute atomic E-state index is 0.458. The predicted molar refractivity (Wildman–Crippen MR) is 64.8 cm³/mol. The van der Waals surface area contributed by atoms with Crippen LogP contribution in [0.1, 0.15) is 51.4 Å². The lowest BCUT2D eigenvalue weighted by Crippen LogP contribution is -2.39. The van der Waals surface area contributed by atoms with Gasteiger partial charge in [0.05, 0.1) is 0 Å². The van der Waals surface area contributed by atoms with Crippen LogP contribution in [0.4, 0.5) is 0 Å². The van der Waals surface area contributed by atoms with Crippen LogP contribution in [0.25, 0.3) is 0 Å². The summed E-state index contributed by atoms with van der Waals surface area (Å²) in [4.78, 5) is 0. The predicted octanol–water partition coefficient (Wildman–Crippen LogP) is 2.29. The largest absolute Gasteiger partial charge is 0.330 e. The lowest BCUT2D eigenvalue weighted by atomic mass is 9.82. The molecule has 0 amide bonds. The summed E-state index contributed by atoms with van der Waals surface area (Å²) in [6.07, 6.45) is 11.3. The molecule has 2 aliphatic carbocycles. The number of nitrogens with one attached hydrogen (secondary N) is 1. The molecule has 15 heavy (non-hydrogen) atoms. The van der Waals surface area contributed by atoms with Crippen LogP contribution >= 0.6 is 0 Å². The maximum atomic E-state index is 5.91. The third-order valence-electron chi connectivity index (χ3n) is 4.55. The summed E-state index contributed by atoms with van der Waals surface area (Å²) >= 11 is 0. The average Bonchev–Trinajstić information content (AvgIpc) is 2.64. The highest BCUT2D eigenvalue weighted by atomic mass is 14.9. The Morgan fingerprint density at radius 2 is 1.87 bits per heavy atom. The maximum Gasteiger partial charge on any atom is 0.00199 e. The zero-order chi connectivity index (χ0) is 10.6. The van der Waals surface area contributed by atoms with Crippen molar-refractivity contribution < 1.29 is 0 Å². The number of nitrogens with two attached hydrogens (primary N) is 1. The maximum absolute atomic E-state index is 5.91. The molecule has 3 N–H and O–H groups in total. The van der Waals surface area contributed by atoms with E-state index in [0.717, 1.165) is 19.0 Å². The summed E-state index contributed by atoms with van der Waals surface area (Å²) in [5.41, 5.74) is 6.37. The van der Waals surface area contributed by atoms with Gasteiger partial charge >= 0.3 is 0 Å². The van der Waals surface area contributed by atoms with Crippen LogP contribution < -0.4 is 11.1 Å². The molecule has 0 bridgehead atoms. The van der Waals surface area contributed by atoms with Crippen LogP contribution in [0.2, 0.25) is 0 Å². The highest BCUT2D eigenvalue weighted by molar-refractivity contribution is 4.87. The van der Waals surface area contributed by atoms with Crippen molar-refractivity contribution in [2.24, 2.45) is 17.1 Å². The lowest BCUT2D eigenvalue weighted by molar-refractivity contribution is 0.263. The average molecular weight is 210 g/mol. The summed E-state index contributed by atoms with van der Waals surface area (Å²) in [6, 6.07) is 0. The Hall–Kier alpha value is -0.0800. The molecule has 0 heterocycles. The van der Waals surface area contributed by atoms with E-state index in [-0.39, 0.29) is 0 Å². The Balaban J connectivity index is 1.58. The third-order valence-corrected chi connectivity index (χ3v) is 4.55. The van der Waals surface area contributed by atoms with Gasteiger partial charge in [0, 0.05) is 6.54 Å². The fourth-order valence-corrected chi connectivity index (χ4v) is 3.02. The van der Waals surface area contributed by atoms with Crippen molar-refractivity contribution in [2.45, 2.75) is 51.4 Å². The molecule has 0 spiro atoms. The van der Waals surface area contributed by atoms with E-state index in [9.17, 15) is 0 Å². The van der Waals surface area contributed by atoms with Gasteiger partial charge in [-0.3, -0.25) is 0 Å². The molecule has 0 saturated heterocycles. The molecule has 0 aromatic carbocycles. The smallest absolute Gasteiger partial charge is 0.00199 e. The number of rotatable bonds is 6. The molecule has 2 heteroatoms. The highest BCUT2D eigenvalue weighted by Crippen LogP contribution is 2.36. The second-order valence-electron chi connectivity index (χ2n) is 5.67. The molecular weight excluding hydrogens is 184 g/mol. The summed E-state index contributed by atoms with van der Waals surface area (Å²) in [6.45, 7) is 3.26. The summed E-state index contributed by atoms with van der Waals surface area (Å²) in [7, 11) is 0. The lowest BCUT2D eigenvalue weighted by Gasteiger charge is -2.29. The fourth-order valence-electron chi connectivity index (χ4n) is 3.02. The molecule has 88 valence electrons. The summed E-state index contributed by atoms with van der Waals surface area (Å²) in [5.74, 6) is 1.04. The van der Waals surface area contributed by atoms with E-state index in [1.54, 1.807) is 0 Å². The Morgan fingerprint density at radius 1 is 1.13 bits per heavy atom. The zero-order valence-corrected chi connectivity index (χ0v) is 9.93. The minimum atomic E-state index is 0.458. The van der Waals surface area contributed by atoms with Gasteiger partial charge in [0.25, 0.3) is 0 Å². The fraction of sp³-hybridized carbons (Fsp3) is 1.00. The van der Waals surface area contributed by atoms with Gasteiger partial charge in [-0.05, 0) is 43.7 Å². The van der Waals surface area contributed by atoms with Crippen molar-refractivity contribution in [1.29, 1.82) is 0 Å². The van der Waals surface area contributed by atoms with Crippen LogP contribution in [-0.2, 0) is 0 Å². The monoisotopic (exact) mass is 210 g/mol. The minimum Gasteiger partial charge on any atom is -0.330 e. The van der Waals surface area contributed by atoms with Gasteiger partial charge in [-0.25, -0.2) is 0 Å². The molecule has 0 aromatic rings. The highest BCUT2D eigenvalue weighted by Gasteiger charge is 2.31. The van der Waals surface area contributed by atoms with Crippen LogP contribution in [0.3, 0.4) is 0 Å². The van der Waals surface area contributed by atoms with Crippen LogP contribution in [0.5, 0.6) is 0 Å². The molecule has 2 nitrogen and oxygen atoms in total. The van der Waals surface area contributed by atoms with Gasteiger partial charge in [-0.2, -0.15) is 0 Å². The molecule has 2 fully saturated rings. The number of hydrogen-bond acceptors (Lipinski definition) is 2. The molecule has 2 rings (SSSR count). The Kier molecular flexibility index (Phi) is 4.04. The Bertz CT molecular complexity index is 181. The number of hydrogen-bond donors (Lipinski definition) is 2. The van der Waals surface area contributed by atoms with Crippen molar-refractivity contribution >= 4 is 0 Å². The molecule has 0 unspecified atom stereocenters. The first-order valence-electron chi connectivity index (χ1n) is 6.75. The molecule has 0 radical (unpaired) electrons. The Labute approximate surface area is 94.0 Å². The van der Waals surface area contributed by atoms with Crippen molar-refractivity contribution in [3.8, 4) is 0 Å². The first-order valence-corrected chi connectivity index (χ1v) is 6.75. The molecule has 0 atom stereocenters. The first kappa shape index (κ1) is 11.4. The van der Waals surface area contributed by atoms with Crippen LogP contribution in [0.15, 0.2) is 0 Å². The summed E-state index contributed by atoms with van der Waals surface area (Å²) in [5, 5.41) is 3.64. The molecule has 2 aliphatic rings. The van der Waals surface area contributed by atoms with E-state index in [2.05, 4.69) is 5.32 Å². The van der Waals surface area contributed by atoms with Crippen molar-refractivity contribution in [1.82, 2.24) is 5.32 Å². The topological polar surface area (TPSA) is 38.0 Å². The van der Waals surface area contributed by atoms with E-state index >= 15 is 0 Å². The van der Waals surface area contributed by atoms with Gasteiger partial charge in [-0.15, -0.1) is 0 Å². The molecule has 0 aliphatic heterocycles. The normalized spacial score (nSPS) is 25.4.